The zero-order valence-corrected chi connectivity index (χ0v) is 8.85. The van der Waals surface area contributed by atoms with Gasteiger partial charge >= 0.3 is 0 Å². The van der Waals surface area contributed by atoms with Crippen molar-refractivity contribution < 1.29 is 14.6 Å². The van der Waals surface area contributed by atoms with Crippen molar-refractivity contribution >= 4 is 0 Å². The number of hydrogen-bond donors (Lipinski definition) is 1. The first-order valence-electron chi connectivity index (χ1n) is 5.28. The molecule has 3 nitrogen and oxygen atoms in total. The van der Waals surface area contributed by atoms with Gasteiger partial charge in [0.05, 0.1) is 13.2 Å². The Bertz CT molecular complexity index is 324. The summed E-state index contributed by atoms with van der Waals surface area (Å²) in [4.78, 5) is 0. The van der Waals surface area contributed by atoms with Crippen LogP contribution in [0.5, 0.6) is 11.5 Å². The molecule has 1 saturated carbocycles. The average Bonchev–Trinajstić information content (AvgIpc) is 2.65. The van der Waals surface area contributed by atoms with Gasteiger partial charge in [-0.2, -0.15) is 0 Å². The topological polar surface area (TPSA) is 38.7 Å². The predicted octanol–water partition coefficient (Wildman–Crippen LogP) is 1.99. The zero-order chi connectivity index (χ0) is 10.7. The number of methoxy groups -OCH3 is 1. The molecular weight excluding hydrogens is 192 g/mol. The quantitative estimate of drug-likeness (QED) is 0.825. The Morgan fingerprint density at radius 1 is 1.27 bits per heavy atom. The summed E-state index contributed by atoms with van der Waals surface area (Å²) < 4.78 is 10.8. The van der Waals surface area contributed by atoms with Gasteiger partial charge in [-0.15, -0.1) is 0 Å². The lowest BCUT2D eigenvalue weighted by Crippen LogP contribution is -2.25. The third-order valence-electron chi connectivity index (χ3n) is 2.75. The number of rotatable bonds is 3. The van der Waals surface area contributed by atoms with Crippen LogP contribution in [0.1, 0.15) is 19.3 Å². The SMILES string of the molecule is COc1cccc(O[C@@H]2CCC[C@H]2O)c1. The third kappa shape index (κ3) is 2.42. The van der Waals surface area contributed by atoms with Crippen molar-refractivity contribution in [3.63, 3.8) is 0 Å². The lowest BCUT2D eigenvalue weighted by atomic mass is 10.2. The standard InChI is InChI=1S/C12H16O3/c1-14-9-4-2-5-10(8-9)15-12-7-3-6-11(12)13/h2,4-5,8,11-13H,3,6-7H2,1H3/t11-,12-/m1/s1. The highest BCUT2D eigenvalue weighted by molar-refractivity contribution is 5.33. The van der Waals surface area contributed by atoms with Crippen molar-refractivity contribution in [2.24, 2.45) is 0 Å². The molecule has 1 aromatic rings. The van der Waals surface area contributed by atoms with Crippen molar-refractivity contribution in [3.8, 4) is 11.5 Å². The van der Waals surface area contributed by atoms with E-state index in [9.17, 15) is 5.11 Å². The first-order valence-corrected chi connectivity index (χ1v) is 5.28. The van der Waals surface area contributed by atoms with Crippen LogP contribution in [0.4, 0.5) is 0 Å². The number of hydrogen-bond acceptors (Lipinski definition) is 3. The molecule has 0 amide bonds. The van der Waals surface area contributed by atoms with E-state index < -0.39 is 0 Å². The van der Waals surface area contributed by atoms with Gasteiger partial charge in [0.25, 0.3) is 0 Å². The molecule has 1 fully saturated rings. The Labute approximate surface area is 89.6 Å². The normalized spacial score (nSPS) is 25.2. The lowest BCUT2D eigenvalue weighted by Gasteiger charge is -2.17. The van der Waals surface area contributed by atoms with Crippen molar-refractivity contribution in [1.82, 2.24) is 0 Å². The van der Waals surface area contributed by atoms with Crippen molar-refractivity contribution in [2.75, 3.05) is 7.11 Å². The van der Waals surface area contributed by atoms with Gasteiger partial charge in [0.15, 0.2) is 0 Å². The minimum Gasteiger partial charge on any atom is -0.497 e. The zero-order valence-electron chi connectivity index (χ0n) is 8.85. The van der Waals surface area contributed by atoms with E-state index in [0.717, 1.165) is 30.8 Å². The fraction of sp³-hybridized carbons (Fsp3) is 0.500. The molecule has 2 rings (SSSR count). The van der Waals surface area contributed by atoms with Gasteiger partial charge < -0.3 is 14.6 Å². The van der Waals surface area contributed by atoms with Gasteiger partial charge in [0, 0.05) is 6.07 Å². The van der Waals surface area contributed by atoms with Gasteiger partial charge in [0.2, 0.25) is 0 Å². The van der Waals surface area contributed by atoms with Gasteiger partial charge in [-0.05, 0) is 31.4 Å². The number of benzene rings is 1. The highest BCUT2D eigenvalue weighted by Crippen LogP contribution is 2.26. The fourth-order valence-electron chi connectivity index (χ4n) is 1.89. The molecule has 0 heterocycles. The molecule has 82 valence electrons. The molecule has 1 aliphatic carbocycles. The van der Waals surface area contributed by atoms with Crippen LogP contribution in [0.15, 0.2) is 24.3 Å². The maximum Gasteiger partial charge on any atom is 0.124 e. The first-order chi connectivity index (χ1) is 7.29. The minimum atomic E-state index is -0.323. The van der Waals surface area contributed by atoms with Gasteiger partial charge in [0.1, 0.15) is 17.6 Å². The van der Waals surface area contributed by atoms with E-state index in [0.29, 0.717) is 0 Å². The summed E-state index contributed by atoms with van der Waals surface area (Å²) in [6.07, 6.45) is 2.43. The molecule has 0 spiro atoms. The smallest absolute Gasteiger partial charge is 0.124 e. The van der Waals surface area contributed by atoms with E-state index in [1.807, 2.05) is 24.3 Å². The molecule has 1 N–H and O–H groups in total. The summed E-state index contributed by atoms with van der Waals surface area (Å²) in [7, 11) is 1.63. The average molecular weight is 208 g/mol. The van der Waals surface area contributed by atoms with E-state index in [4.69, 9.17) is 9.47 Å². The first kappa shape index (κ1) is 10.3. The second-order valence-electron chi connectivity index (χ2n) is 3.83. The van der Waals surface area contributed by atoms with Crippen molar-refractivity contribution in [2.45, 2.75) is 31.5 Å². The molecule has 0 aliphatic heterocycles. The summed E-state index contributed by atoms with van der Waals surface area (Å²) in [5, 5.41) is 9.62. The van der Waals surface area contributed by atoms with Crippen molar-refractivity contribution in [1.29, 1.82) is 0 Å². The van der Waals surface area contributed by atoms with Crippen LogP contribution in [-0.2, 0) is 0 Å². The van der Waals surface area contributed by atoms with Crippen LogP contribution in [0.2, 0.25) is 0 Å². The minimum absolute atomic E-state index is 0.0582. The Morgan fingerprint density at radius 2 is 2.07 bits per heavy atom. The molecule has 15 heavy (non-hydrogen) atoms. The maximum atomic E-state index is 9.62. The summed E-state index contributed by atoms with van der Waals surface area (Å²) in [6, 6.07) is 7.48. The van der Waals surface area contributed by atoms with Crippen molar-refractivity contribution in [3.05, 3.63) is 24.3 Å². The summed E-state index contributed by atoms with van der Waals surface area (Å²) in [6.45, 7) is 0. The van der Waals surface area contributed by atoms with Crippen LogP contribution in [-0.4, -0.2) is 24.4 Å². The Hall–Kier alpha value is -1.22. The highest BCUT2D eigenvalue weighted by atomic mass is 16.5. The summed E-state index contributed by atoms with van der Waals surface area (Å²) >= 11 is 0. The predicted molar refractivity (Wildman–Crippen MR) is 57.3 cm³/mol. The van der Waals surface area contributed by atoms with E-state index in [1.165, 1.54) is 0 Å². The molecule has 2 atom stereocenters. The van der Waals surface area contributed by atoms with Crippen LogP contribution >= 0.6 is 0 Å². The maximum absolute atomic E-state index is 9.62. The van der Waals surface area contributed by atoms with E-state index >= 15 is 0 Å². The van der Waals surface area contributed by atoms with Crippen LogP contribution in [0, 0.1) is 0 Å². The van der Waals surface area contributed by atoms with Gasteiger partial charge in [-0.1, -0.05) is 6.07 Å². The monoisotopic (exact) mass is 208 g/mol. The molecular formula is C12H16O3. The molecule has 0 bridgehead atoms. The van der Waals surface area contributed by atoms with E-state index in [2.05, 4.69) is 0 Å². The van der Waals surface area contributed by atoms with Gasteiger partial charge in [-0.3, -0.25) is 0 Å². The molecule has 0 aromatic heterocycles. The Morgan fingerprint density at radius 3 is 2.73 bits per heavy atom. The molecule has 0 saturated heterocycles. The second-order valence-corrected chi connectivity index (χ2v) is 3.83. The summed E-state index contributed by atoms with van der Waals surface area (Å²) in [5.74, 6) is 1.54. The molecule has 0 unspecified atom stereocenters. The molecule has 1 aliphatic rings. The fourth-order valence-corrected chi connectivity index (χ4v) is 1.89. The molecule has 0 radical (unpaired) electrons. The Balaban J connectivity index is 2.03. The molecule has 3 heteroatoms. The Kier molecular flexibility index (Phi) is 3.11. The van der Waals surface area contributed by atoms with Crippen LogP contribution in [0.25, 0.3) is 0 Å². The second kappa shape index (κ2) is 4.53. The van der Waals surface area contributed by atoms with Crippen LogP contribution < -0.4 is 9.47 Å². The van der Waals surface area contributed by atoms with Crippen LogP contribution in [0.3, 0.4) is 0 Å². The largest absolute Gasteiger partial charge is 0.497 e. The third-order valence-corrected chi connectivity index (χ3v) is 2.75. The molecule has 1 aromatic carbocycles. The number of ether oxygens (including phenoxy) is 2. The highest BCUT2D eigenvalue weighted by Gasteiger charge is 2.26. The number of aliphatic hydroxyl groups is 1. The van der Waals surface area contributed by atoms with E-state index in [1.54, 1.807) is 7.11 Å². The summed E-state index contributed by atoms with van der Waals surface area (Å²) in [5.41, 5.74) is 0. The number of aliphatic hydroxyl groups excluding tert-OH is 1. The van der Waals surface area contributed by atoms with Gasteiger partial charge in [-0.25, -0.2) is 0 Å². The lowest BCUT2D eigenvalue weighted by molar-refractivity contribution is 0.0602. The van der Waals surface area contributed by atoms with E-state index in [-0.39, 0.29) is 12.2 Å².